The molecule has 94 valence electrons. The van der Waals surface area contributed by atoms with E-state index >= 15 is 0 Å². The summed E-state index contributed by atoms with van der Waals surface area (Å²) in [6, 6.07) is 0. The summed E-state index contributed by atoms with van der Waals surface area (Å²) in [4.78, 5) is 17.2. The maximum absolute atomic E-state index is 10.8. The molecule has 0 saturated carbocycles. The molecule has 1 aromatic rings. The summed E-state index contributed by atoms with van der Waals surface area (Å²) in [7, 11) is -2.97. The first-order valence-corrected chi connectivity index (χ1v) is 6.82. The van der Waals surface area contributed by atoms with Gasteiger partial charge in [0, 0.05) is 12.8 Å². The molecule has 8 nitrogen and oxygen atoms in total. The van der Waals surface area contributed by atoms with Crippen molar-refractivity contribution in [2.45, 2.75) is 6.42 Å². The van der Waals surface area contributed by atoms with Crippen LogP contribution >= 0.6 is 0 Å². The normalized spacial score (nSPS) is 11.1. The van der Waals surface area contributed by atoms with Crippen molar-refractivity contribution >= 4 is 21.5 Å². The van der Waals surface area contributed by atoms with Gasteiger partial charge in [-0.1, -0.05) is 0 Å². The van der Waals surface area contributed by atoms with Gasteiger partial charge in [-0.05, 0) is 6.42 Å². The molecule has 17 heavy (non-hydrogen) atoms. The summed E-state index contributed by atoms with van der Waals surface area (Å²) >= 11 is 0. The van der Waals surface area contributed by atoms with Gasteiger partial charge in [-0.3, -0.25) is 10.1 Å². The van der Waals surface area contributed by atoms with E-state index in [4.69, 9.17) is 0 Å². The van der Waals surface area contributed by atoms with Crippen LogP contribution in [0.15, 0.2) is 12.4 Å². The molecule has 0 amide bonds. The first-order chi connectivity index (χ1) is 7.88. The number of rotatable bonds is 6. The molecule has 0 bridgehead atoms. The molecule has 0 atom stereocenters. The molecule has 1 heterocycles. The first-order valence-electron chi connectivity index (χ1n) is 4.76. The number of nitrogens with zero attached hydrogens (tertiary/aromatic N) is 3. The summed E-state index contributed by atoms with van der Waals surface area (Å²) in [6.07, 6.45) is 3.77. The van der Waals surface area contributed by atoms with Crippen molar-refractivity contribution in [2.75, 3.05) is 23.9 Å². The van der Waals surface area contributed by atoms with E-state index in [9.17, 15) is 18.5 Å². The highest BCUT2D eigenvalue weighted by Crippen LogP contribution is 2.07. The van der Waals surface area contributed by atoms with Gasteiger partial charge in [-0.15, -0.1) is 0 Å². The first kappa shape index (κ1) is 13.3. The zero-order chi connectivity index (χ0) is 12.9. The van der Waals surface area contributed by atoms with Crippen LogP contribution in [0.1, 0.15) is 6.42 Å². The zero-order valence-corrected chi connectivity index (χ0v) is 9.98. The van der Waals surface area contributed by atoms with Crippen molar-refractivity contribution in [3.63, 3.8) is 0 Å². The number of nitrogens with one attached hydrogen (secondary N) is 1. The molecule has 0 aliphatic rings. The Kier molecular flexibility index (Phi) is 4.32. The number of nitro groups is 1. The van der Waals surface area contributed by atoms with Crippen LogP contribution in [0.5, 0.6) is 0 Å². The molecule has 1 rings (SSSR count). The van der Waals surface area contributed by atoms with E-state index in [0.717, 1.165) is 18.6 Å². The molecule has 0 fully saturated rings. The molecule has 1 N–H and O–H groups in total. The zero-order valence-electron chi connectivity index (χ0n) is 9.16. The predicted octanol–water partition coefficient (Wildman–Crippen LogP) is 0.231. The molecular formula is C8H12N4O4S. The fraction of sp³-hybridized carbons (Fsp3) is 0.500. The molecule has 0 aromatic carbocycles. The van der Waals surface area contributed by atoms with Crippen LogP contribution in [0.4, 0.5) is 11.6 Å². The summed E-state index contributed by atoms with van der Waals surface area (Å²) in [6.45, 7) is 0.394. The van der Waals surface area contributed by atoms with Crippen LogP contribution in [0.3, 0.4) is 0 Å². The van der Waals surface area contributed by atoms with Crippen LogP contribution in [0.2, 0.25) is 0 Å². The fourth-order valence-electron chi connectivity index (χ4n) is 1.04. The highest BCUT2D eigenvalue weighted by molar-refractivity contribution is 7.90. The molecule has 9 heteroatoms. The number of hydrogen-bond acceptors (Lipinski definition) is 7. The summed E-state index contributed by atoms with van der Waals surface area (Å²) in [5, 5.41) is 13.1. The van der Waals surface area contributed by atoms with E-state index in [1.165, 1.54) is 0 Å². The molecule has 0 spiro atoms. The maximum atomic E-state index is 10.8. The van der Waals surface area contributed by atoms with Crippen molar-refractivity contribution in [1.82, 2.24) is 9.97 Å². The van der Waals surface area contributed by atoms with E-state index in [1.807, 2.05) is 0 Å². The van der Waals surface area contributed by atoms with Gasteiger partial charge < -0.3 is 5.32 Å². The average molecular weight is 260 g/mol. The third kappa shape index (κ3) is 5.20. The molecular weight excluding hydrogens is 248 g/mol. The van der Waals surface area contributed by atoms with E-state index in [2.05, 4.69) is 15.3 Å². The van der Waals surface area contributed by atoms with Crippen molar-refractivity contribution in [2.24, 2.45) is 0 Å². The second kappa shape index (κ2) is 5.53. The standard InChI is InChI=1S/C8H12N4O4S/c1-17(15,16)4-2-3-9-8-10-5-7(6-11-8)12(13)14/h5-6H,2-4H2,1H3,(H,9,10,11). The second-order valence-electron chi connectivity index (χ2n) is 3.43. The van der Waals surface area contributed by atoms with Crippen LogP contribution in [0.25, 0.3) is 0 Å². The molecule has 0 aliphatic heterocycles. The van der Waals surface area contributed by atoms with Crippen LogP contribution in [-0.2, 0) is 9.84 Å². The number of hydrogen-bond donors (Lipinski definition) is 1. The Morgan fingerprint density at radius 1 is 1.41 bits per heavy atom. The van der Waals surface area contributed by atoms with Crippen LogP contribution in [-0.4, -0.2) is 41.9 Å². The average Bonchev–Trinajstić information content (AvgIpc) is 2.24. The number of anilines is 1. The Morgan fingerprint density at radius 3 is 2.47 bits per heavy atom. The van der Waals surface area contributed by atoms with Crippen molar-refractivity contribution < 1.29 is 13.3 Å². The predicted molar refractivity (Wildman–Crippen MR) is 61.5 cm³/mol. The highest BCUT2D eigenvalue weighted by Gasteiger charge is 2.06. The Morgan fingerprint density at radius 2 is 2.00 bits per heavy atom. The minimum Gasteiger partial charge on any atom is -0.354 e. The Balaban J connectivity index is 2.40. The highest BCUT2D eigenvalue weighted by atomic mass is 32.2. The molecule has 0 saturated heterocycles. The maximum Gasteiger partial charge on any atom is 0.305 e. The lowest BCUT2D eigenvalue weighted by molar-refractivity contribution is -0.385. The summed E-state index contributed by atoms with van der Waals surface area (Å²) < 4.78 is 21.7. The summed E-state index contributed by atoms with van der Waals surface area (Å²) in [5.74, 6) is 0.316. The number of sulfone groups is 1. The fourth-order valence-corrected chi connectivity index (χ4v) is 1.71. The van der Waals surface area contributed by atoms with Gasteiger partial charge in [0.25, 0.3) is 0 Å². The number of aromatic nitrogens is 2. The van der Waals surface area contributed by atoms with Gasteiger partial charge in [-0.25, -0.2) is 18.4 Å². The van der Waals surface area contributed by atoms with E-state index in [-0.39, 0.29) is 17.4 Å². The second-order valence-corrected chi connectivity index (χ2v) is 5.69. The van der Waals surface area contributed by atoms with Gasteiger partial charge in [0.15, 0.2) is 0 Å². The molecule has 0 aliphatic carbocycles. The van der Waals surface area contributed by atoms with Crippen molar-refractivity contribution in [1.29, 1.82) is 0 Å². The lowest BCUT2D eigenvalue weighted by atomic mass is 10.5. The Bertz CT molecular complexity index is 485. The van der Waals surface area contributed by atoms with Crippen LogP contribution < -0.4 is 5.32 Å². The topological polar surface area (TPSA) is 115 Å². The molecule has 0 radical (unpaired) electrons. The SMILES string of the molecule is CS(=O)(=O)CCCNc1ncc([N+](=O)[O-])cn1. The van der Waals surface area contributed by atoms with E-state index in [0.29, 0.717) is 13.0 Å². The Labute approximate surface area is 98.2 Å². The largest absolute Gasteiger partial charge is 0.354 e. The molecule has 1 aromatic heterocycles. The van der Waals surface area contributed by atoms with E-state index in [1.54, 1.807) is 0 Å². The van der Waals surface area contributed by atoms with Crippen molar-refractivity contribution in [3.05, 3.63) is 22.5 Å². The van der Waals surface area contributed by atoms with Gasteiger partial charge in [-0.2, -0.15) is 0 Å². The lowest BCUT2D eigenvalue weighted by Gasteiger charge is -2.02. The third-order valence-electron chi connectivity index (χ3n) is 1.82. The van der Waals surface area contributed by atoms with Gasteiger partial charge in [0.05, 0.1) is 10.7 Å². The van der Waals surface area contributed by atoms with E-state index < -0.39 is 14.8 Å². The van der Waals surface area contributed by atoms with Gasteiger partial charge in [0.2, 0.25) is 5.95 Å². The van der Waals surface area contributed by atoms with Crippen molar-refractivity contribution in [3.8, 4) is 0 Å². The van der Waals surface area contributed by atoms with Crippen LogP contribution in [0, 0.1) is 10.1 Å². The minimum atomic E-state index is -2.97. The lowest BCUT2D eigenvalue weighted by Crippen LogP contribution is -2.11. The quantitative estimate of drug-likeness (QED) is 0.442. The molecule has 0 unspecified atom stereocenters. The summed E-state index contributed by atoms with van der Waals surface area (Å²) in [5.41, 5.74) is -0.188. The van der Waals surface area contributed by atoms with Gasteiger partial charge >= 0.3 is 5.69 Å². The smallest absolute Gasteiger partial charge is 0.305 e. The third-order valence-corrected chi connectivity index (χ3v) is 2.85. The Hall–Kier alpha value is -1.77. The minimum absolute atomic E-state index is 0.0764. The monoisotopic (exact) mass is 260 g/mol. The van der Waals surface area contributed by atoms with Gasteiger partial charge in [0.1, 0.15) is 22.2 Å².